The lowest BCUT2D eigenvalue weighted by molar-refractivity contribution is -0.231. The number of hydrogen-bond acceptors (Lipinski definition) is 8. The van der Waals surface area contributed by atoms with E-state index in [0.29, 0.717) is 28.5 Å². The second-order valence-corrected chi connectivity index (χ2v) is 10.3. The maximum Gasteiger partial charge on any atom is 0.320 e. The molecular weight excluding hydrogens is 538 g/mol. The number of carboxylic acid groups (broad SMARTS) is 1. The van der Waals surface area contributed by atoms with Crippen LogP contribution < -0.4 is 10.5 Å². The Labute approximate surface area is 237 Å². The molecule has 0 saturated carbocycles. The van der Waals surface area contributed by atoms with Crippen molar-refractivity contribution in [1.29, 1.82) is 0 Å². The average molecular weight is 572 g/mol. The van der Waals surface area contributed by atoms with Gasteiger partial charge < -0.3 is 40.7 Å². The molecule has 0 aromatic heterocycles. The van der Waals surface area contributed by atoms with Crippen molar-refractivity contribution in [3.05, 3.63) is 99.6 Å². The van der Waals surface area contributed by atoms with E-state index in [2.05, 4.69) is 0 Å². The Morgan fingerprint density at radius 2 is 1.60 bits per heavy atom. The number of benzene rings is 3. The molecular formula is C30H34ClNO8. The Kier molecular flexibility index (Phi) is 9.81. The molecule has 0 radical (unpaired) electrons. The number of aliphatic hydroxyl groups excluding tert-OH is 4. The van der Waals surface area contributed by atoms with E-state index >= 15 is 0 Å². The van der Waals surface area contributed by atoms with E-state index in [0.717, 1.165) is 16.7 Å². The van der Waals surface area contributed by atoms with Crippen LogP contribution in [0.1, 0.15) is 46.8 Å². The van der Waals surface area contributed by atoms with Crippen LogP contribution in [-0.2, 0) is 16.0 Å². The van der Waals surface area contributed by atoms with Crippen LogP contribution in [0.2, 0.25) is 5.02 Å². The van der Waals surface area contributed by atoms with Crippen molar-refractivity contribution >= 4 is 17.6 Å². The largest absolute Gasteiger partial charge is 0.494 e. The topological polar surface area (TPSA) is 163 Å². The zero-order valence-corrected chi connectivity index (χ0v) is 22.7. The third-order valence-corrected chi connectivity index (χ3v) is 7.51. The van der Waals surface area contributed by atoms with Crippen molar-refractivity contribution in [2.45, 2.75) is 55.8 Å². The Morgan fingerprint density at radius 3 is 2.17 bits per heavy atom. The molecule has 0 spiro atoms. The fourth-order valence-electron chi connectivity index (χ4n) is 5.00. The standard InChI is InChI=1S/C30H34ClNO8/c1-2-39-20-10-7-18(8-11-20)25(17-5-3-16(4-6-17)13-23(32)30(37)38)21-14-19(9-12-22(21)31)29-28(36)27(35)26(34)24(15-33)40-29/h3-12,14,23-29,33-36H,2,13,15,32H2,1H3,(H,37,38)/t23-,24+,25?,26+,27-,28+,29-/m0/s1. The first-order chi connectivity index (χ1) is 19.1. The van der Waals surface area contributed by atoms with Gasteiger partial charge in [-0.1, -0.05) is 60.1 Å². The van der Waals surface area contributed by atoms with Crippen LogP contribution in [0.25, 0.3) is 0 Å². The molecule has 1 saturated heterocycles. The highest BCUT2D eigenvalue weighted by molar-refractivity contribution is 6.31. The zero-order chi connectivity index (χ0) is 29.0. The van der Waals surface area contributed by atoms with Gasteiger partial charge in [0.1, 0.15) is 42.3 Å². The first-order valence-electron chi connectivity index (χ1n) is 13.0. The number of carboxylic acids is 1. The Bertz CT molecular complexity index is 1280. The number of nitrogens with two attached hydrogens (primary N) is 1. The number of rotatable bonds is 10. The highest BCUT2D eigenvalue weighted by Crippen LogP contribution is 2.40. The van der Waals surface area contributed by atoms with Crippen LogP contribution in [0, 0.1) is 0 Å². The van der Waals surface area contributed by atoms with Gasteiger partial charge in [0.2, 0.25) is 0 Å². The van der Waals surface area contributed by atoms with Crippen LogP contribution in [0.4, 0.5) is 0 Å². The molecule has 1 fully saturated rings. The van der Waals surface area contributed by atoms with E-state index in [9.17, 15) is 25.2 Å². The molecule has 1 aliphatic rings. The summed E-state index contributed by atoms with van der Waals surface area (Å²) in [5.74, 6) is -0.743. The summed E-state index contributed by atoms with van der Waals surface area (Å²) in [6.07, 6.45) is -6.31. The maximum absolute atomic E-state index is 11.2. The van der Waals surface area contributed by atoms with Crippen LogP contribution >= 0.6 is 11.6 Å². The normalized spacial score (nSPS) is 24.3. The molecule has 1 heterocycles. The second-order valence-electron chi connectivity index (χ2n) is 9.86. The van der Waals surface area contributed by atoms with Crippen molar-refractivity contribution in [3.63, 3.8) is 0 Å². The first kappa shape index (κ1) is 30.0. The number of halogens is 1. The maximum atomic E-state index is 11.2. The molecule has 214 valence electrons. The van der Waals surface area contributed by atoms with Crippen LogP contribution in [0.3, 0.4) is 0 Å². The minimum Gasteiger partial charge on any atom is -0.494 e. The lowest BCUT2D eigenvalue weighted by Gasteiger charge is -2.40. The van der Waals surface area contributed by atoms with Crippen molar-refractivity contribution in [1.82, 2.24) is 0 Å². The number of carbonyl (C=O) groups is 1. The van der Waals surface area contributed by atoms with Gasteiger partial charge in [-0.25, -0.2) is 0 Å². The van der Waals surface area contributed by atoms with E-state index in [1.807, 2.05) is 55.5 Å². The van der Waals surface area contributed by atoms with E-state index in [1.165, 1.54) is 0 Å². The molecule has 0 amide bonds. The summed E-state index contributed by atoms with van der Waals surface area (Å²) >= 11 is 6.75. The van der Waals surface area contributed by atoms with Gasteiger partial charge in [0.05, 0.1) is 13.2 Å². The second kappa shape index (κ2) is 13.1. The van der Waals surface area contributed by atoms with Gasteiger partial charge in [0.25, 0.3) is 0 Å². The lowest BCUT2D eigenvalue weighted by Crippen LogP contribution is -2.55. The van der Waals surface area contributed by atoms with Gasteiger partial charge in [-0.05, 0) is 59.4 Å². The molecule has 9 nitrogen and oxygen atoms in total. The van der Waals surface area contributed by atoms with Gasteiger partial charge in [-0.3, -0.25) is 4.79 Å². The SMILES string of the molecule is CCOc1ccc(C(c2ccc(C[C@H](N)C(=O)O)cc2)c2cc([C@@H]3O[C@H](CO)[C@@H](O)[C@H](O)[C@H]3O)ccc2Cl)cc1. The highest BCUT2D eigenvalue weighted by Gasteiger charge is 2.44. The van der Waals surface area contributed by atoms with Crippen LogP contribution in [0.15, 0.2) is 66.7 Å². The highest BCUT2D eigenvalue weighted by atomic mass is 35.5. The molecule has 3 aromatic rings. The van der Waals surface area contributed by atoms with Gasteiger partial charge in [0.15, 0.2) is 0 Å². The lowest BCUT2D eigenvalue weighted by atomic mass is 9.82. The molecule has 4 rings (SSSR count). The summed E-state index contributed by atoms with van der Waals surface area (Å²) < 4.78 is 11.4. The Balaban J connectivity index is 1.76. The van der Waals surface area contributed by atoms with Crippen LogP contribution in [-0.4, -0.2) is 75.2 Å². The molecule has 0 bridgehead atoms. The fraction of sp³-hybridized carbons (Fsp3) is 0.367. The molecule has 1 aliphatic heterocycles. The summed E-state index contributed by atoms with van der Waals surface area (Å²) in [5.41, 5.74) is 9.44. The summed E-state index contributed by atoms with van der Waals surface area (Å²) in [4.78, 5) is 11.2. The first-order valence-corrected chi connectivity index (χ1v) is 13.4. The van der Waals surface area contributed by atoms with E-state index < -0.39 is 49.1 Å². The summed E-state index contributed by atoms with van der Waals surface area (Å²) in [5, 5.41) is 50.5. The smallest absolute Gasteiger partial charge is 0.320 e. The van der Waals surface area contributed by atoms with Gasteiger partial charge >= 0.3 is 5.97 Å². The third kappa shape index (κ3) is 6.47. The predicted octanol–water partition coefficient (Wildman–Crippen LogP) is 2.39. The molecule has 7 N–H and O–H groups in total. The van der Waals surface area contributed by atoms with E-state index in [1.54, 1.807) is 18.2 Å². The molecule has 0 aliphatic carbocycles. The molecule has 1 unspecified atom stereocenters. The average Bonchev–Trinajstić information content (AvgIpc) is 2.95. The van der Waals surface area contributed by atoms with Gasteiger partial charge in [-0.2, -0.15) is 0 Å². The minimum atomic E-state index is -1.51. The van der Waals surface area contributed by atoms with E-state index in [4.69, 9.17) is 31.9 Å². The summed E-state index contributed by atoms with van der Waals surface area (Å²) in [6, 6.07) is 19.1. The number of aliphatic carboxylic acids is 1. The Morgan fingerprint density at radius 1 is 0.975 bits per heavy atom. The van der Waals surface area contributed by atoms with Crippen LogP contribution in [0.5, 0.6) is 5.75 Å². The molecule has 7 atom stereocenters. The third-order valence-electron chi connectivity index (χ3n) is 7.16. The number of ether oxygens (including phenoxy) is 2. The summed E-state index contributed by atoms with van der Waals surface area (Å²) in [6.45, 7) is 1.89. The van der Waals surface area contributed by atoms with Gasteiger partial charge in [0, 0.05) is 10.9 Å². The quantitative estimate of drug-likeness (QED) is 0.201. The monoisotopic (exact) mass is 571 g/mol. The fourth-order valence-corrected chi connectivity index (χ4v) is 5.23. The number of hydrogen-bond donors (Lipinski definition) is 6. The van der Waals surface area contributed by atoms with Gasteiger partial charge in [-0.15, -0.1) is 0 Å². The van der Waals surface area contributed by atoms with Crippen molar-refractivity contribution in [2.24, 2.45) is 5.73 Å². The van der Waals surface area contributed by atoms with Crippen molar-refractivity contribution in [3.8, 4) is 5.75 Å². The van der Waals surface area contributed by atoms with Crippen molar-refractivity contribution < 1.29 is 39.8 Å². The molecule has 40 heavy (non-hydrogen) atoms. The zero-order valence-electron chi connectivity index (χ0n) is 21.9. The minimum absolute atomic E-state index is 0.177. The summed E-state index contributed by atoms with van der Waals surface area (Å²) in [7, 11) is 0. The Hall–Kier alpha value is -3.02. The molecule has 3 aromatic carbocycles. The van der Waals surface area contributed by atoms with Crippen molar-refractivity contribution in [2.75, 3.05) is 13.2 Å². The predicted molar refractivity (Wildman–Crippen MR) is 148 cm³/mol. The number of aliphatic hydroxyl groups is 4. The van der Waals surface area contributed by atoms with E-state index in [-0.39, 0.29) is 12.3 Å². The molecule has 10 heteroatoms.